The molecular weight excluding hydrogens is 284 g/mol. The van der Waals surface area contributed by atoms with Crippen molar-refractivity contribution in [1.29, 1.82) is 0 Å². The molecule has 0 fully saturated rings. The zero-order valence-corrected chi connectivity index (χ0v) is 12.7. The van der Waals surface area contributed by atoms with Crippen LogP contribution in [0.25, 0.3) is 10.2 Å². The second-order valence-corrected chi connectivity index (χ2v) is 5.55. The molecule has 0 saturated carbocycles. The number of nitrogens with zero attached hydrogens (tertiary/aromatic N) is 1. The van der Waals surface area contributed by atoms with Crippen LogP contribution in [0.2, 0.25) is 0 Å². The van der Waals surface area contributed by atoms with Crippen LogP contribution in [0.1, 0.15) is 5.56 Å². The van der Waals surface area contributed by atoms with Gasteiger partial charge in [0.15, 0.2) is 5.13 Å². The van der Waals surface area contributed by atoms with Crippen LogP contribution in [0.3, 0.4) is 0 Å². The molecule has 21 heavy (non-hydrogen) atoms. The van der Waals surface area contributed by atoms with Crippen LogP contribution in [0.15, 0.2) is 42.5 Å². The van der Waals surface area contributed by atoms with Crippen molar-refractivity contribution in [2.45, 2.75) is 6.54 Å². The van der Waals surface area contributed by atoms with Gasteiger partial charge in [0.2, 0.25) is 0 Å². The molecule has 3 aromatic rings. The molecule has 0 aliphatic rings. The smallest absolute Gasteiger partial charge is 0.184 e. The SMILES string of the molecule is COc1ccc(CNc2nc3ccccc3s2)c(OC)c1. The number of para-hydroxylation sites is 1. The minimum Gasteiger partial charge on any atom is -0.497 e. The summed E-state index contributed by atoms with van der Waals surface area (Å²) in [7, 11) is 3.31. The van der Waals surface area contributed by atoms with Crippen molar-refractivity contribution < 1.29 is 9.47 Å². The van der Waals surface area contributed by atoms with Gasteiger partial charge >= 0.3 is 0 Å². The maximum Gasteiger partial charge on any atom is 0.184 e. The van der Waals surface area contributed by atoms with E-state index in [1.54, 1.807) is 25.6 Å². The number of aromatic nitrogens is 1. The summed E-state index contributed by atoms with van der Waals surface area (Å²) in [6, 6.07) is 13.9. The van der Waals surface area contributed by atoms with Crippen LogP contribution in [0.4, 0.5) is 5.13 Å². The first-order valence-corrected chi connectivity index (χ1v) is 7.42. The third-order valence-corrected chi connectivity index (χ3v) is 4.21. The third kappa shape index (κ3) is 2.92. The first-order valence-electron chi connectivity index (χ1n) is 6.60. The van der Waals surface area contributed by atoms with E-state index in [1.807, 2.05) is 36.4 Å². The van der Waals surface area contributed by atoms with Crippen molar-refractivity contribution >= 4 is 26.7 Å². The lowest BCUT2D eigenvalue weighted by molar-refractivity contribution is 0.391. The lowest BCUT2D eigenvalue weighted by atomic mass is 10.2. The summed E-state index contributed by atoms with van der Waals surface area (Å²) in [6.07, 6.45) is 0. The van der Waals surface area contributed by atoms with Crippen molar-refractivity contribution in [3.05, 3.63) is 48.0 Å². The fourth-order valence-corrected chi connectivity index (χ4v) is 2.98. The van der Waals surface area contributed by atoms with Crippen molar-refractivity contribution in [3.63, 3.8) is 0 Å². The predicted molar refractivity (Wildman–Crippen MR) is 86.5 cm³/mol. The van der Waals surface area contributed by atoms with Gasteiger partial charge < -0.3 is 14.8 Å². The van der Waals surface area contributed by atoms with Gasteiger partial charge in [0.25, 0.3) is 0 Å². The Hall–Kier alpha value is -2.27. The summed E-state index contributed by atoms with van der Waals surface area (Å²) in [5, 5.41) is 4.26. The zero-order valence-electron chi connectivity index (χ0n) is 11.9. The standard InChI is InChI=1S/C16H16N2O2S/c1-19-12-8-7-11(14(9-12)20-2)10-17-16-18-13-5-3-4-6-15(13)21-16/h3-9H,10H2,1-2H3,(H,17,18). The molecule has 0 atom stereocenters. The van der Waals surface area contributed by atoms with Gasteiger partial charge in [-0.2, -0.15) is 0 Å². The number of hydrogen-bond donors (Lipinski definition) is 1. The fraction of sp³-hybridized carbons (Fsp3) is 0.188. The molecule has 5 heteroatoms. The highest BCUT2D eigenvalue weighted by atomic mass is 32.1. The van der Waals surface area contributed by atoms with Gasteiger partial charge in [0, 0.05) is 18.2 Å². The van der Waals surface area contributed by atoms with Crippen molar-refractivity contribution in [2.24, 2.45) is 0 Å². The van der Waals surface area contributed by atoms with Crippen LogP contribution in [-0.4, -0.2) is 19.2 Å². The molecule has 0 radical (unpaired) electrons. The monoisotopic (exact) mass is 300 g/mol. The van der Waals surface area contributed by atoms with E-state index < -0.39 is 0 Å². The van der Waals surface area contributed by atoms with E-state index in [0.29, 0.717) is 6.54 Å². The molecule has 0 amide bonds. The van der Waals surface area contributed by atoms with Crippen molar-refractivity contribution in [3.8, 4) is 11.5 Å². The normalized spacial score (nSPS) is 10.6. The molecule has 108 valence electrons. The van der Waals surface area contributed by atoms with Gasteiger partial charge in [-0.15, -0.1) is 0 Å². The molecular formula is C16H16N2O2S. The van der Waals surface area contributed by atoms with E-state index in [2.05, 4.69) is 16.4 Å². The first-order chi connectivity index (χ1) is 10.3. The molecule has 4 nitrogen and oxygen atoms in total. The number of benzene rings is 2. The number of nitrogens with one attached hydrogen (secondary N) is 1. The van der Waals surface area contributed by atoms with Crippen LogP contribution in [-0.2, 0) is 6.54 Å². The lowest BCUT2D eigenvalue weighted by Gasteiger charge is -2.10. The van der Waals surface area contributed by atoms with Gasteiger partial charge in [0.1, 0.15) is 11.5 Å². The third-order valence-electron chi connectivity index (χ3n) is 3.22. The summed E-state index contributed by atoms with van der Waals surface area (Å²) in [6.45, 7) is 0.660. The van der Waals surface area contributed by atoms with E-state index in [-0.39, 0.29) is 0 Å². The minimum atomic E-state index is 0.660. The number of ether oxygens (including phenoxy) is 2. The summed E-state index contributed by atoms with van der Waals surface area (Å²) in [4.78, 5) is 4.56. The molecule has 0 unspecified atom stereocenters. The Morgan fingerprint density at radius 3 is 2.71 bits per heavy atom. The highest BCUT2D eigenvalue weighted by Gasteiger charge is 2.07. The highest BCUT2D eigenvalue weighted by molar-refractivity contribution is 7.22. The molecule has 1 N–H and O–H groups in total. The van der Waals surface area contributed by atoms with Crippen LogP contribution in [0.5, 0.6) is 11.5 Å². The van der Waals surface area contributed by atoms with Crippen molar-refractivity contribution in [1.82, 2.24) is 4.98 Å². The van der Waals surface area contributed by atoms with Crippen LogP contribution in [0, 0.1) is 0 Å². The minimum absolute atomic E-state index is 0.660. The number of rotatable bonds is 5. The zero-order chi connectivity index (χ0) is 14.7. The Balaban J connectivity index is 1.77. The Bertz CT molecular complexity index is 722. The number of anilines is 1. The quantitative estimate of drug-likeness (QED) is 0.775. The average Bonchev–Trinajstić information content (AvgIpc) is 2.95. The van der Waals surface area contributed by atoms with E-state index >= 15 is 0 Å². The highest BCUT2D eigenvalue weighted by Crippen LogP contribution is 2.28. The fourth-order valence-electron chi connectivity index (χ4n) is 2.12. The Morgan fingerprint density at radius 2 is 1.95 bits per heavy atom. The summed E-state index contributed by atoms with van der Waals surface area (Å²) < 4.78 is 11.8. The largest absolute Gasteiger partial charge is 0.497 e. The van der Waals surface area contributed by atoms with E-state index in [4.69, 9.17) is 9.47 Å². The summed E-state index contributed by atoms with van der Waals surface area (Å²) in [5.74, 6) is 1.60. The van der Waals surface area contributed by atoms with E-state index in [9.17, 15) is 0 Å². The Morgan fingerprint density at radius 1 is 1.10 bits per heavy atom. The maximum atomic E-state index is 5.40. The molecule has 1 aromatic heterocycles. The van der Waals surface area contributed by atoms with E-state index in [0.717, 1.165) is 27.7 Å². The Kier molecular flexibility index (Phi) is 3.92. The predicted octanol–water partition coefficient (Wildman–Crippen LogP) is 3.93. The maximum absolute atomic E-state index is 5.40. The molecule has 3 rings (SSSR count). The van der Waals surface area contributed by atoms with Crippen molar-refractivity contribution in [2.75, 3.05) is 19.5 Å². The van der Waals surface area contributed by atoms with Gasteiger partial charge in [-0.3, -0.25) is 0 Å². The number of thiazole rings is 1. The first kappa shape index (κ1) is 13.7. The molecule has 2 aromatic carbocycles. The lowest BCUT2D eigenvalue weighted by Crippen LogP contribution is -2.01. The number of hydrogen-bond acceptors (Lipinski definition) is 5. The van der Waals surface area contributed by atoms with Crippen LogP contribution < -0.4 is 14.8 Å². The molecule has 0 aliphatic heterocycles. The second-order valence-electron chi connectivity index (χ2n) is 4.52. The second kappa shape index (κ2) is 6.01. The summed E-state index contributed by atoms with van der Waals surface area (Å²) in [5.41, 5.74) is 2.09. The molecule has 0 saturated heterocycles. The topological polar surface area (TPSA) is 43.4 Å². The number of methoxy groups -OCH3 is 2. The molecule has 1 heterocycles. The van der Waals surface area contributed by atoms with E-state index in [1.165, 1.54) is 4.70 Å². The number of fused-ring (bicyclic) bond motifs is 1. The van der Waals surface area contributed by atoms with Gasteiger partial charge in [-0.1, -0.05) is 23.5 Å². The Labute approximate surface area is 127 Å². The van der Waals surface area contributed by atoms with Gasteiger partial charge in [-0.05, 0) is 24.3 Å². The molecule has 0 aliphatic carbocycles. The van der Waals surface area contributed by atoms with Gasteiger partial charge in [0.05, 0.1) is 24.4 Å². The average molecular weight is 300 g/mol. The van der Waals surface area contributed by atoms with Gasteiger partial charge in [-0.25, -0.2) is 4.98 Å². The summed E-state index contributed by atoms with van der Waals surface area (Å²) >= 11 is 1.65. The molecule has 0 bridgehead atoms. The molecule has 0 spiro atoms. The van der Waals surface area contributed by atoms with Crippen LogP contribution >= 0.6 is 11.3 Å².